The van der Waals surface area contributed by atoms with Gasteiger partial charge in [-0.25, -0.2) is 4.79 Å². The van der Waals surface area contributed by atoms with Crippen molar-refractivity contribution in [2.45, 2.75) is 53.0 Å². The standard InChI is InChI=1S/C13H26N2O3/c1-9(7-8-14)5-6-10(16)15-11(12(17)18)13(2,3)4/h9,11H,5-8,14H2,1-4H3,(H,15,16)(H,17,18). The highest BCUT2D eigenvalue weighted by Crippen LogP contribution is 2.20. The van der Waals surface area contributed by atoms with Crippen LogP contribution < -0.4 is 11.1 Å². The van der Waals surface area contributed by atoms with Crippen molar-refractivity contribution in [3.8, 4) is 0 Å². The second-order valence-electron chi connectivity index (χ2n) is 5.93. The fourth-order valence-electron chi connectivity index (χ4n) is 1.69. The molecule has 2 atom stereocenters. The molecule has 0 aromatic carbocycles. The van der Waals surface area contributed by atoms with E-state index >= 15 is 0 Å². The Morgan fingerprint density at radius 1 is 1.28 bits per heavy atom. The molecule has 2 unspecified atom stereocenters. The summed E-state index contributed by atoms with van der Waals surface area (Å²) in [7, 11) is 0. The van der Waals surface area contributed by atoms with Crippen LogP contribution in [-0.4, -0.2) is 29.6 Å². The number of amides is 1. The fourth-order valence-corrected chi connectivity index (χ4v) is 1.69. The highest BCUT2D eigenvalue weighted by molar-refractivity contribution is 5.84. The lowest BCUT2D eigenvalue weighted by atomic mass is 9.86. The van der Waals surface area contributed by atoms with Gasteiger partial charge in [-0.2, -0.15) is 0 Å². The summed E-state index contributed by atoms with van der Waals surface area (Å²) in [6.45, 7) is 8.04. The summed E-state index contributed by atoms with van der Waals surface area (Å²) in [6, 6.07) is -0.852. The van der Waals surface area contributed by atoms with Crippen molar-refractivity contribution in [3.05, 3.63) is 0 Å². The zero-order valence-electron chi connectivity index (χ0n) is 11.8. The third kappa shape index (κ3) is 6.59. The Kier molecular flexibility index (Phi) is 6.91. The van der Waals surface area contributed by atoms with Gasteiger partial charge in [0.25, 0.3) is 0 Å². The second-order valence-corrected chi connectivity index (χ2v) is 5.93. The van der Waals surface area contributed by atoms with Crippen LogP contribution in [0.4, 0.5) is 0 Å². The Bertz CT molecular complexity index is 284. The van der Waals surface area contributed by atoms with E-state index in [1.54, 1.807) is 20.8 Å². The van der Waals surface area contributed by atoms with Gasteiger partial charge in [-0.15, -0.1) is 0 Å². The van der Waals surface area contributed by atoms with Gasteiger partial charge in [0.15, 0.2) is 0 Å². The van der Waals surface area contributed by atoms with E-state index in [-0.39, 0.29) is 5.91 Å². The van der Waals surface area contributed by atoms with Crippen LogP contribution in [0.2, 0.25) is 0 Å². The fraction of sp³-hybridized carbons (Fsp3) is 0.846. The van der Waals surface area contributed by atoms with Gasteiger partial charge in [-0.3, -0.25) is 4.79 Å². The smallest absolute Gasteiger partial charge is 0.326 e. The molecule has 0 bridgehead atoms. The first-order chi connectivity index (χ1) is 8.18. The summed E-state index contributed by atoms with van der Waals surface area (Å²) >= 11 is 0. The van der Waals surface area contributed by atoms with Gasteiger partial charge in [0.2, 0.25) is 5.91 Å². The molecule has 5 heteroatoms. The summed E-state index contributed by atoms with van der Waals surface area (Å²) in [5.74, 6) is -0.814. The van der Waals surface area contributed by atoms with Crippen LogP contribution in [0.15, 0.2) is 0 Å². The summed E-state index contributed by atoms with van der Waals surface area (Å²) in [4.78, 5) is 22.8. The minimum atomic E-state index is -0.995. The summed E-state index contributed by atoms with van der Waals surface area (Å²) < 4.78 is 0. The van der Waals surface area contributed by atoms with Crippen molar-refractivity contribution in [1.29, 1.82) is 0 Å². The number of carbonyl (C=O) groups excluding carboxylic acids is 1. The van der Waals surface area contributed by atoms with Gasteiger partial charge in [0.05, 0.1) is 0 Å². The number of carbonyl (C=O) groups is 2. The molecule has 0 rings (SSSR count). The Morgan fingerprint density at radius 3 is 2.22 bits per heavy atom. The number of rotatable bonds is 7. The molecule has 0 saturated carbocycles. The van der Waals surface area contributed by atoms with E-state index in [1.807, 2.05) is 6.92 Å². The maximum atomic E-state index is 11.7. The SMILES string of the molecule is CC(CCN)CCC(=O)NC(C(=O)O)C(C)(C)C. The third-order valence-electron chi connectivity index (χ3n) is 2.94. The van der Waals surface area contributed by atoms with E-state index < -0.39 is 17.4 Å². The molecule has 5 nitrogen and oxygen atoms in total. The topological polar surface area (TPSA) is 92.4 Å². The lowest BCUT2D eigenvalue weighted by Crippen LogP contribution is -2.49. The monoisotopic (exact) mass is 258 g/mol. The zero-order chi connectivity index (χ0) is 14.3. The summed E-state index contributed by atoms with van der Waals surface area (Å²) in [6.07, 6.45) is 1.97. The molecule has 0 aromatic heterocycles. The molecule has 0 aliphatic carbocycles. The Morgan fingerprint density at radius 2 is 1.83 bits per heavy atom. The van der Waals surface area contributed by atoms with Gasteiger partial charge >= 0.3 is 5.97 Å². The van der Waals surface area contributed by atoms with Crippen LogP contribution in [0, 0.1) is 11.3 Å². The number of carboxylic acids is 1. The Hall–Kier alpha value is -1.10. The Balaban J connectivity index is 4.24. The van der Waals surface area contributed by atoms with Crippen LogP contribution in [0.1, 0.15) is 47.0 Å². The number of nitrogens with one attached hydrogen (secondary N) is 1. The molecule has 0 fully saturated rings. The molecule has 0 spiro atoms. The highest BCUT2D eigenvalue weighted by Gasteiger charge is 2.32. The lowest BCUT2D eigenvalue weighted by Gasteiger charge is -2.27. The summed E-state index contributed by atoms with van der Waals surface area (Å²) in [5.41, 5.74) is 4.94. The van der Waals surface area contributed by atoms with Crippen molar-refractivity contribution >= 4 is 11.9 Å². The van der Waals surface area contributed by atoms with Gasteiger partial charge in [0, 0.05) is 6.42 Å². The van der Waals surface area contributed by atoms with E-state index in [9.17, 15) is 9.59 Å². The lowest BCUT2D eigenvalue weighted by molar-refractivity contribution is -0.145. The van der Waals surface area contributed by atoms with Crippen molar-refractivity contribution in [2.75, 3.05) is 6.54 Å². The number of carboxylic acid groups (broad SMARTS) is 1. The number of hydrogen-bond acceptors (Lipinski definition) is 3. The normalized spacial score (nSPS) is 14.9. The van der Waals surface area contributed by atoms with Gasteiger partial charge in [-0.1, -0.05) is 27.7 Å². The molecular formula is C13H26N2O3. The van der Waals surface area contributed by atoms with E-state index in [2.05, 4.69) is 5.32 Å². The van der Waals surface area contributed by atoms with Gasteiger partial charge in [-0.05, 0) is 30.7 Å². The molecule has 1 amide bonds. The second kappa shape index (κ2) is 7.36. The van der Waals surface area contributed by atoms with Crippen molar-refractivity contribution in [2.24, 2.45) is 17.1 Å². The largest absolute Gasteiger partial charge is 0.480 e. The van der Waals surface area contributed by atoms with Crippen LogP contribution >= 0.6 is 0 Å². The highest BCUT2D eigenvalue weighted by atomic mass is 16.4. The molecule has 0 radical (unpaired) electrons. The van der Waals surface area contributed by atoms with Gasteiger partial charge in [0.1, 0.15) is 6.04 Å². The van der Waals surface area contributed by atoms with E-state index in [4.69, 9.17) is 10.8 Å². The first-order valence-electron chi connectivity index (χ1n) is 6.40. The van der Waals surface area contributed by atoms with E-state index in [1.165, 1.54) is 0 Å². The summed E-state index contributed by atoms with van der Waals surface area (Å²) in [5, 5.41) is 11.7. The third-order valence-corrected chi connectivity index (χ3v) is 2.94. The predicted molar refractivity (Wildman–Crippen MR) is 71.1 cm³/mol. The molecule has 106 valence electrons. The molecular weight excluding hydrogens is 232 g/mol. The van der Waals surface area contributed by atoms with Gasteiger partial charge < -0.3 is 16.2 Å². The first kappa shape index (κ1) is 16.9. The molecule has 0 aliphatic rings. The van der Waals surface area contributed by atoms with E-state index in [0.29, 0.717) is 18.9 Å². The maximum Gasteiger partial charge on any atom is 0.326 e. The predicted octanol–water partition coefficient (Wildman–Crippen LogP) is 1.37. The van der Waals surface area contributed by atoms with Crippen LogP contribution in [0.3, 0.4) is 0 Å². The Labute approximate surface area is 109 Å². The number of hydrogen-bond donors (Lipinski definition) is 3. The average Bonchev–Trinajstić information content (AvgIpc) is 2.21. The van der Waals surface area contributed by atoms with E-state index in [0.717, 1.165) is 12.8 Å². The maximum absolute atomic E-state index is 11.7. The van der Waals surface area contributed by atoms with Crippen LogP contribution in [-0.2, 0) is 9.59 Å². The number of aliphatic carboxylic acids is 1. The average molecular weight is 258 g/mol. The zero-order valence-corrected chi connectivity index (χ0v) is 11.8. The molecule has 18 heavy (non-hydrogen) atoms. The van der Waals surface area contributed by atoms with Crippen molar-refractivity contribution in [3.63, 3.8) is 0 Å². The molecule has 4 N–H and O–H groups in total. The molecule has 0 aromatic rings. The van der Waals surface area contributed by atoms with Crippen LogP contribution in [0.5, 0.6) is 0 Å². The quantitative estimate of drug-likeness (QED) is 0.643. The molecule has 0 heterocycles. The minimum Gasteiger partial charge on any atom is -0.480 e. The molecule has 0 saturated heterocycles. The molecule has 0 aliphatic heterocycles. The first-order valence-corrected chi connectivity index (χ1v) is 6.40. The van der Waals surface area contributed by atoms with Crippen molar-refractivity contribution in [1.82, 2.24) is 5.32 Å². The van der Waals surface area contributed by atoms with Crippen LogP contribution in [0.25, 0.3) is 0 Å². The number of nitrogens with two attached hydrogens (primary N) is 1. The van der Waals surface area contributed by atoms with Crippen molar-refractivity contribution < 1.29 is 14.7 Å². The minimum absolute atomic E-state index is 0.207.